The predicted octanol–water partition coefficient (Wildman–Crippen LogP) is 3.64. The van der Waals surface area contributed by atoms with Crippen LogP contribution in [0, 0.1) is 25.2 Å². The molecular weight excluding hydrogens is 411 g/mol. The standard InChI is InChI=1S/C21H18F3N5O2/c1-12-16(13(2)27-20(31)17(12)11-25)7-8-19(30)28-14-3-5-15(6-4-14)29-18(9-10-26-29)21(22,23)24/h3-6,9-10H,7-8H2,1-2H3,(H,27,31)(H,28,30). The Bertz CT molecular complexity index is 1220. The number of carbonyl (C=O) groups is 1. The van der Waals surface area contributed by atoms with Gasteiger partial charge in [0.15, 0.2) is 0 Å². The number of aromatic nitrogens is 3. The zero-order chi connectivity index (χ0) is 22.8. The number of pyridine rings is 1. The van der Waals surface area contributed by atoms with E-state index in [1.54, 1.807) is 13.8 Å². The molecule has 0 spiro atoms. The van der Waals surface area contributed by atoms with Crippen LogP contribution >= 0.6 is 0 Å². The molecule has 0 saturated carbocycles. The minimum Gasteiger partial charge on any atom is -0.326 e. The van der Waals surface area contributed by atoms with E-state index in [0.29, 0.717) is 23.4 Å². The van der Waals surface area contributed by atoms with Gasteiger partial charge in [0.2, 0.25) is 5.91 Å². The van der Waals surface area contributed by atoms with Crippen LogP contribution in [0.2, 0.25) is 0 Å². The van der Waals surface area contributed by atoms with Gasteiger partial charge >= 0.3 is 6.18 Å². The number of alkyl halides is 3. The molecule has 0 aliphatic carbocycles. The number of aromatic amines is 1. The first-order chi connectivity index (χ1) is 14.6. The second-order valence-corrected chi connectivity index (χ2v) is 6.89. The average molecular weight is 429 g/mol. The van der Waals surface area contributed by atoms with Crippen molar-refractivity contribution in [3.63, 3.8) is 0 Å². The summed E-state index contributed by atoms with van der Waals surface area (Å²) >= 11 is 0. The summed E-state index contributed by atoms with van der Waals surface area (Å²) in [5.41, 5.74) is 1.15. The van der Waals surface area contributed by atoms with Crippen molar-refractivity contribution in [3.05, 3.63) is 75.0 Å². The monoisotopic (exact) mass is 429 g/mol. The third kappa shape index (κ3) is 4.66. The summed E-state index contributed by atoms with van der Waals surface area (Å²) in [5, 5.41) is 15.5. The van der Waals surface area contributed by atoms with Crippen molar-refractivity contribution >= 4 is 11.6 Å². The smallest absolute Gasteiger partial charge is 0.326 e. The zero-order valence-corrected chi connectivity index (χ0v) is 16.7. The highest BCUT2D eigenvalue weighted by Gasteiger charge is 2.35. The van der Waals surface area contributed by atoms with Gasteiger partial charge in [-0.05, 0) is 61.7 Å². The first kappa shape index (κ1) is 21.8. The Hall–Kier alpha value is -3.87. The van der Waals surface area contributed by atoms with E-state index in [4.69, 9.17) is 5.26 Å². The van der Waals surface area contributed by atoms with Gasteiger partial charge in [-0.25, -0.2) is 4.68 Å². The summed E-state index contributed by atoms with van der Waals surface area (Å²) in [6.45, 7) is 3.36. The van der Waals surface area contributed by atoms with Crippen molar-refractivity contribution in [2.24, 2.45) is 0 Å². The summed E-state index contributed by atoms with van der Waals surface area (Å²) in [6, 6.07) is 8.57. The summed E-state index contributed by atoms with van der Waals surface area (Å²) in [4.78, 5) is 26.7. The maximum atomic E-state index is 13.0. The van der Waals surface area contributed by atoms with Crippen molar-refractivity contribution in [2.45, 2.75) is 32.9 Å². The Morgan fingerprint density at radius 3 is 2.52 bits per heavy atom. The lowest BCUT2D eigenvalue weighted by molar-refractivity contribution is -0.142. The summed E-state index contributed by atoms with van der Waals surface area (Å²) in [5.74, 6) is -0.314. The number of benzene rings is 1. The minimum absolute atomic E-state index is 0.0217. The molecule has 2 heterocycles. The lowest BCUT2D eigenvalue weighted by Crippen LogP contribution is -2.18. The number of anilines is 1. The van der Waals surface area contributed by atoms with Crippen LogP contribution in [0.25, 0.3) is 5.69 Å². The fraction of sp³-hybridized carbons (Fsp3) is 0.238. The van der Waals surface area contributed by atoms with E-state index >= 15 is 0 Å². The molecule has 0 saturated heterocycles. The highest BCUT2D eigenvalue weighted by Crippen LogP contribution is 2.30. The normalized spacial score (nSPS) is 11.2. The first-order valence-corrected chi connectivity index (χ1v) is 9.25. The van der Waals surface area contributed by atoms with Crippen LogP contribution < -0.4 is 10.9 Å². The van der Waals surface area contributed by atoms with Crippen molar-refractivity contribution in [3.8, 4) is 11.8 Å². The topological polar surface area (TPSA) is 104 Å². The largest absolute Gasteiger partial charge is 0.433 e. The van der Waals surface area contributed by atoms with Crippen LogP contribution in [-0.2, 0) is 17.4 Å². The van der Waals surface area contributed by atoms with Gasteiger partial charge in [0.25, 0.3) is 5.56 Å². The SMILES string of the molecule is Cc1[nH]c(=O)c(C#N)c(C)c1CCC(=O)Nc1ccc(-n2nccc2C(F)(F)F)cc1. The minimum atomic E-state index is -4.53. The number of H-pyrrole nitrogens is 1. The van der Waals surface area contributed by atoms with E-state index in [1.807, 2.05) is 6.07 Å². The van der Waals surface area contributed by atoms with E-state index in [-0.39, 0.29) is 23.6 Å². The Morgan fingerprint density at radius 2 is 1.90 bits per heavy atom. The summed E-state index contributed by atoms with van der Waals surface area (Å²) in [6.07, 6.45) is -3.06. The van der Waals surface area contributed by atoms with Crippen molar-refractivity contribution in [1.82, 2.24) is 14.8 Å². The third-order valence-corrected chi connectivity index (χ3v) is 4.85. The third-order valence-electron chi connectivity index (χ3n) is 4.85. The Morgan fingerprint density at radius 1 is 1.23 bits per heavy atom. The maximum absolute atomic E-state index is 13.0. The van der Waals surface area contributed by atoms with Crippen LogP contribution in [0.3, 0.4) is 0 Å². The van der Waals surface area contributed by atoms with Crippen molar-refractivity contribution in [1.29, 1.82) is 5.26 Å². The lowest BCUT2D eigenvalue weighted by Gasteiger charge is -2.12. The molecule has 0 atom stereocenters. The molecule has 160 valence electrons. The highest BCUT2D eigenvalue weighted by molar-refractivity contribution is 5.91. The van der Waals surface area contributed by atoms with Gasteiger partial charge in [0, 0.05) is 17.8 Å². The van der Waals surface area contributed by atoms with Gasteiger partial charge < -0.3 is 10.3 Å². The van der Waals surface area contributed by atoms with Gasteiger partial charge in [0.05, 0.1) is 11.9 Å². The van der Waals surface area contributed by atoms with Crippen LogP contribution in [-0.4, -0.2) is 20.7 Å². The summed E-state index contributed by atoms with van der Waals surface area (Å²) in [7, 11) is 0. The molecule has 10 heteroatoms. The van der Waals surface area contributed by atoms with Crippen LogP contribution in [0.1, 0.15) is 34.5 Å². The molecule has 1 aromatic carbocycles. The lowest BCUT2D eigenvalue weighted by atomic mass is 9.99. The van der Waals surface area contributed by atoms with Gasteiger partial charge in [-0.3, -0.25) is 9.59 Å². The molecule has 0 radical (unpaired) electrons. The van der Waals surface area contributed by atoms with Gasteiger partial charge in [0.1, 0.15) is 17.3 Å². The Balaban J connectivity index is 1.69. The molecule has 7 nitrogen and oxygen atoms in total. The number of hydrogen-bond acceptors (Lipinski definition) is 4. The number of nitriles is 1. The van der Waals surface area contributed by atoms with E-state index < -0.39 is 17.4 Å². The number of aryl methyl sites for hydroxylation is 1. The van der Waals surface area contributed by atoms with Crippen LogP contribution in [0.4, 0.5) is 18.9 Å². The molecule has 0 unspecified atom stereocenters. The van der Waals surface area contributed by atoms with Crippen LogP contribution in [0.5, 0.6) is 0 Å². The summed E-state index contributed by atoms with van der Waals surface area (Å²) < 4.78 is 39.8. The second-order valence-electron chi connectivity index (χ2n) is 6.89. The van der Waals surface area contributed by atoms with E-state index in [0.717, 1.165) is 22.5 Å². The molecule has 3 aromatic rings. The van der Waals surface area contributed by atoms with Crippen molar-refractivity contribution < 1.29 is 18.0 Å². The molecule has 0 bridgehead atoms. The average Bonchev–Trinajstić information content (AvgIpc) is 3.19. The van der Waals surface area contributed by atoms with E-state index in [9.17, 15) is 22.8 Å². The fourth-order valence-electron chi connectivity index (χ4n) is 3.29. The molecule has 1 amide bonds. The number of hydrogen-bond donors (Lipinski definition) is 2. The van der Waals surface area contributed by atoms with Gasteiger partial charge in [-0.2, -0.15) is 23.5 Å². The molecule has 0 aliphatic heterocycles. The Kier molecular flexibility index (Phi) is 5.97. The second kappa shape index (κ2) is 8.47. The number of carbonyl (C=O) groups excluding carboxylic acids is 1. The zero-order valence-electron chi connectivity index (χ0n) is 16.7. The van der Waals surface area contributed by atoms with E-state index in [2.05, 4.69) is 15.4 Å². The number of nitrogens with one attached hydrogen (secondary N) is 2. The maximum Gasteiger partial charge on any atom is 0.433 e. The molecule has 3 rings (SSSR count). The van der Waals surface area contributed by atoms with Gasteiger partial charge in [-0.15, -0.1) is 0 Å². The first-order valence-electron chi connectivity index (χ1n) is 9.25. The molecule has 0 fully saturated rings. The predicted molar refractivity (Wildman–Crippen MR) is 107 cm³/mol. The molecule has 31 heavy (non-hydrogen) atoms. The molecule has 2 aromatic heterocycles. The number of amides is 1. The van der Waals surface area contributed by atoms with Gasteiger partial charge in [-0.1, -0.05) is 0 Å². The number of rotatable bonds is 5. The molecule has 0 aliphatic rings. The fourth-order valence-corrected chi connectivity index (χ4v) is 3.29. The van der Waals surface area contributed by atoms with Crippen LogP contribution in [0.15, 0.2) is 41.3 Å². The highest BCUT2D eigenvalue weighted by atomic mass is 19.4. The van der Waals surface area contributed by atoms with E-state index in [1.165, 1.54) is 24.3 Å². The molecule has 2 N–H and O–H groups in total. The Labute approximate surface area is 175 Å². The number of nitrogens with zero attached hydrogens (tertiary/aromatic N) is 3. The number of halogens is 3. The quantitative estimate of drug-likeness (QED) is 0.646. The van der Waals surface area contributed by atoms with Crippen molar-refractivity contribution in [2.75, 3.05) is 5.32 Å². The molecular formula is C21H18F3N5O2.